The predicted octanol–water partition coefficient (Wildman–Crippen LogP) is 3.41. The van der Waals surface area contributed by atoms with E-state index < -0.39 is 28.8 Å². The lowest BCUT2D eigenvalue weighted by molar-refractivity contribution is -0.384. The van der Waals surface area contributed by atoms with E-state index in [2.05, 4.69) is 10.6 Å². The second-order valence-electron chi connectivity index (χ2n) is 7.43. The third kappa shape index (κ3) is 6.03. The summed E-state index contributed by atoms with van der Waals surface area (Å²) < 4.78 is 5.30. The highest BCUT2D eigenvalue weighted by Crippen LogP contribution is 2.21. The number of nitrogens with zero attached hydrogens (tertiary/aromatic N) is 2. The summed E-state index contributed by atoms with van der Waals surface area (Å²) in [4.78, 5) is 48.9. The van der Waals surface area contributed by atoms with Gasteiger partial charge in [-0.25, -0.2) is 4.79 Å². The Hall–Kier alpha value is -3.95. The molecule has 1 saturated heterocycles. The number of hydrogen-bond donors (Lipinski definition) is 2. The van der Waals surface area contributed by atoms with Gasteiger partial charge in [-0.15, -0.1) is 0 Å². The Morgan fingerprint density at radius 2 is 1.59 bits per heavy atom. The van der Waals surface area contributed by atoms with Crippen molar-refractivity contribution in [1.29, 1.82) is 0 Å². The van der Waals surface area contributed by atoms with Crippen LogP contribution < -0.4 is 10.6 Å². The fourth-order valence-corrected chi connectivity index (χ4v) is 3.28. The molecule has 2 N–H and O–H groups in total. The van der Waals surface area contributed by atoms with E-state index in [4.69, 9.17) is 4.74 Å². The van der Waals surface area contributed by atoms with Gasteiger partial charge in [0.1, 0.15) is 0 Å². The molecule has 1 fully saturated rings. The molecule has 2 aromatic carbocycles. The van der Waals surface area contributed by atoms with Crippen LogP contribution in [0.2, 0.25) is 0 Å². The number of urea groups is 1. The molecule has 0 aliphatic carbocycles. The molecular weight excluding hydrogens is 416 g/mol. The maximum Gasteiger partial charge on any atom is 0.321 e. The van der Waals surface area contributed by atoms with Crippen molar-refractivity contribution in [3.63, 3.8) is 0 Å². The first kappa shape index (κ1) is 22.7. The molecule has 168 valence electrons. The number of rotatable bonds is 6. The summed E-state index contributed by atoms with van der Waals surface area (Å²) in [6, 6.07) is 14.2. The second kappa shape index (κ2) is 10.4. The smallest absolute Gasteiger partial charge is 0.321 e. The standard InChI is InChI=1S/C22H24N4O6/c1-15(20(27)23-18-7-9-19(10-8-18)26(30)31)32-21(28)16-11-13-25(14-12-16)22(29)24-17-5-3-2-4-6-17/h2-10,15-16H,11-14H2,1H3,(H,23,27)(H,24,29). The van der Waals surface area contributed by atoms with Gasteiger partial charge >= 0.3 is 12.0 Å². The average molecular weight is 440 g/mol. The molecule has 1 heterocycles. The van der Waals surface area contributed by atoms with Crippen LogP contribution in [0.3, 0.4) is 0 Å². The van der Waals surface area contributed by atoms with Gasteiger partial charge in [0.25, 0.3) is 11.6 Å². The molecular formula is C22H24N4O6. The Morgan fingerprint density at radius 1 is 1.00 bits per heavy atom. The topological polar surface area (TPSA) is 131 Å². The summed E-state index contributed by atoms with van der Waals surface area (Å²) in [5.41, 5.74) is 0.972. The average Bonchev–Trinajstić information content (AvgIpc) is 2.80. The van der Waals surface area contributed by atoms with E-state index in [9.17, 15) is 24.5 Å². The number of benzene rings is 2. The van der Waals surface area contributed by atoms with E-state index in [1.807, 2.05) is 18.2 Å². The van der Waals surface area contributed by atoms with Crippen LogP contribution in [0.15, 0.2) is 54.6 Å². The predicted molar refractivity (Wildman–Crippen MR) is 117 cm³/mol. The molecule has 0 spiro atoms. The number of amides is 3. The number of nitro benzene ring substituents is 1. The van der Waals surface area contributed by atoms with Gasteiger partial charge in [0.2, 0.25) is 0 Å². The van der Waals surface area contributed by atoms with Crippen LogP contribution in [-0.4, -0.2) is 46.9 Å². The number of nitro groups is 1. The number of non-ortho nitro benzene ring substituents is 1. The maximum absolute atomic E-state index is 12.5. The third-order valence-electron chi connectivity index (χ3n) is 5.15. The number of ether oxygens (including phenoxy) is 1. The lowest BCUT2D eigenvalue weighted by atomic mass is 9.97. The molecule has 0 bridgehead atoms. The van der Waals surface area contributed by atoms with E-state index in [1.54, 1.807) is 17.0 Å². The summed E-state index contributed by atoms with van der Waals surface area (Å²) in [7, 11) is 0. The van der Waals surface area contributed by atoms with Crippen LogP contribution in [0.5, 0.6) is 0 Å². The summed E-state index contributed by atoms with van der Waals surface area (Å²) in [5.74, 6) is -1.42. The van der Waals surface area contributed by atoms with E-state index >= 15 is 0 Å². The number of nitrogens with one attached hydrogen (secondary N) is 2. The molecule has 3 rings (SSSR count). The first-order valence-electron chi connectivity index (χ1n) is 10.2. The maximum atomic E-state index is 12.5. The Morgan fingerprint density at radius 3 is 2.19 bits per heavy atom. The van der Waals surface area contributed by atoms with Gasteiger partial charge < -0.3 is 20.3 Å². The molecule has 1 aliphatic heterocycles. The van der Waals surface area contributed by atoms with Crippen LogP contribution in [0.4, 0.5) is 21.9 Å². The van der Waals surface area contributed by atoms with E-state index in [0.29, 0.717) is 37.3 Å². The fraction of sp³-hybridized carbons (Fsp3) is 0.318. The van der Waals surface area contributed by atoms with E-state index in [-0.39, 0.29) is 11.7 Å². The Balaban J connectivity index is 1.44. The van der Waals surface area contributed by atoms with Crippen molar-refractivity contribution >= 4 is 35.0 Å². The van der Waals surface area contributed by atoms with Crippen LogP contribution in [0, 0.1) is 16.0 Å². The van der Waals surface area contributed by atoms with Crippen molar-refractivity contribution in [2.75, 3.05) is 23.7 Å². The summed E-state index contributed by atoms with van der Waals surface area (Å²) >= 11 is 0. The van der Waals surface area contributed by atoms with Crippen LogP contribution in [0.25, 0.3) is 0 Å². The molecule has 1 aliphatic rings. The van der Waals surface area contributed by atoms with Crippen molar-refractivity contribution < 1.29 is 24.0 Å². The SMILES string of the molecule is CC(OC(=O)C1CCN(C(=O)Nc2ccccc2)CC1)C(=O)Nc1ccc([N+](=O)[O-])cc1. The van der Waals surface area contributed by atoms with Crippen molar-refractivity contribution in [2.45, 2.75) is 25.9 Å². The second-order valence-corrected chi connectivity index (χ2v) is 7.43. The number of piperidine rings is 1. The van der Waals surface area contributed by atoms with Gasteiger partial charge in [-0.1, -0.05) is 18.2 Å². The summed E-state index contributed by atoms with van der Waals surface area (Å²) in [6.45, 7) is 2.27. The number of para-hydroxylation sites is 1. The molecule has 10 nitrogen and oxygen atoms in total. The monoisotopic (exact) mass is 440 g/mol. The lowest BCUT2D eigenvalue weighted by Gasteiger charge is -2.31. The van der Waals surface area contributed by atoms with Crippen LogP contribution in [0.1, 0.15) is 19.8 Å². The first-order chi connectivity index (χ1) is 15.3. The minimum absolute atomic E-state index is 0.0914. The number of carbonyl (C=O) groups is 3. The van der Waals surface area contributed by atoms with E-state index in [1.165, 1.54) is 31.2 Å². The zero-order chi connectivity index (χ0) is 23.1. The highest BCUT2D eigenvalue weighted by atomic mass is 16.6. The van der Waals surface area contributed by atoms with Gasteiger partial charge in [-0.3, -0.25) is 19.7 Å². The first-order valence-corrected chi connectivity index (χ1v) is 10.2. The number of anilines is 2. The van der Waals surface area contributed by atoms with Gasteiger partial charge in [-0.05, 0) is 44.0 Å². The van der Waals surface area contributed by atoms with Crippen molar-refractivity contribution in [3.05, 3.63) is 64.7 Å². The van der Waals surface area contributed by atoms with Gasteiger partial charge in [0.05, 0.1) is 10.8 Å². The molecule has 32 heavy (non-hydrogen) atoms. The number of esters is 1. The highest BCUT2D eigenvalue weighted by molar-refractivity contribution is 5.95. The normalized spacial score (nSPS) is 14.8. The Labute approximate surface area is 184 Å². The molecule has 1 unspecified atom stereocenters. The van der Waals surface area contributed by atoms with E-state index in [0.717, 1.165) is 0 Å². The minimum Gasteiger partial charge on any atom is -0.452 e. The molecule has 10 heteroatoms. The molecule has 2 aromatic rings. The minimum atomic E-state index is -1.03. The lowest BCUT2D eigenvalue weighted by Crippen LogP contribution is -2.43. The third-order valence-corrected chi connectivity index (χ3v) is 5.15. The Bertz CT molecular complexity index is 972. The van der Waals surface area contributed by atoms with Crippen LogP contribution >= 0.6 is 0 Å². The number of hydrogen-bond acceptors (Lipinski definition) is 6. The fourth-order valence-electron chi connectivity index (χ4n) is 3.28. The van der Waals surface area contributed by atoms with Crippen LogP contribution in [-0.2, 0) is 14.3 Å². The molecule has 0 aromatic heterocycles. The van der Waals surface area contributed by atoms with Gasteiger partial charge in [-0.2, -0.15) is 0 Å². The largest absolute Gasteiger partial charge is 0.452 e. The van der Waals surface area contributed by atoms with Crippen molar-refractivity contribution in [2.24, 2.45) is 5.92 Å². The summed E-state index contributed by atoms with van der Waals surface area (Å²) in [6.07, 6.45) is -0.146. The van der Waals surface area contributed by atoms with Crippen molar-refractivity contribution in [3.8, 4) is 0 Å². The zero-order valence-electron chi connectivity index (χ0n) is 17.5. The summed E-state index contributed by atoms with van der Waals surface area (Å²) in [5, 5.41) is 16.1. The van der Waals surface area contributed by atoms with Gasteiger partial charge in [0, 0.05) is 36.6 Å². The zero-order valence-corrected chi connectivity index (χ0v) is 17.5. The highest BCUT2D eigenvalue weighted by Gasteiger charge is 2.30. The molecule has 1 atom stereocenters. The van der Waals surface area contributed by atoms with Crippen molar-refractivity contribution in [1.82, 2.24) is 4.90 Å². The quantitative estimate of drug-likeness (QED) is 0.402. The van der Waals surface area contributed by atoms with Gasteiger partial charge in [0.15, 0.2) is 6.10 Å². The molecule has 0 radical (unpaired) electrons. The number of carbonyl (C=O) groups excluding carboxylic acids is 3. The Kier molecular flexibility index (Phi) is 7.37. The molecule has 3 amide bonds. The number of likely N-dealkylation sites (tertiary alicyclic amines) is 1. The molecule has 0 saturated carbocycles.